The number of fused-ring (bicyclic) bond motifs is 4. The predicted octanol–water partition coefficient (Wildman–Crippen LogP) is 13.8. The maximum absolute atomic E-state index is 4.44. The molecule has 0 aromatic heterocycles. The van der Waals surface area contributed by atoms with Crippen molar-refractivity contribution in [2.75, 3.05) is 0 Å². The zero-order valence-corrected chi connectivity index (χ0v) is 28.7. The molecular weight excluding hydrogens is 589 g/mol. The lowest BCUT2D eigenvalue weighted by atomic mass is 9.85. The molecule has 6 aromatic carbocycles. The molecule has 0 atom stereocenters. The van der Waals surface area contributed by atoms with Crippen LogP contribution >= 0.6 is 0 Å². The van der Waals surface area contributed by atoms with E-state index >= 15 is 0 Å². The van der Waals surface area contributed by atoms with Crippen LogP contribution in [0.2, 0.25) is 0 Å². The first kappa shape index (κ1) is 33.0. The molecule has 0 heterocycles. The van der Waals surface area contributed by atoms with Gasteiger partial charge in [0.15, 0.2) is 0 Å². The van der Waals surface area contributed by atoms with E-state index in [4.69, 9.17) is 0 Å². The fourth-order valence-corrected chi connectivity index (χ4v) is 7.35. The van der Waals surface area contributed by atoms with Gasteiger partial charge in [0, 0.05) is 0 Å². The summed E-state index contributed by atoms with van der Waals surface area (Å²) >= 11 is 0. The van der Waals surface area contributed by atoms with Gasteiger partial charge in [0.2, 0.25) is 0 Å². The molecule has 1 aliphatic rings. The predicted molar refractivity (Wildman–Crippen MR) is 217 cm³/mol. The Morgan fingerprint density at radius 2 is 1.27 bits per heavy atom. The Bertz CT molecular complexity index is 2320. The summed E-state index contributed by atoms with van der Waals surface area (Å²) in [6, 6.07) is 41.9. The number of hydrogen-bond acceptors (Lipinski definition) is 0. The highest BCUT2D eigenvalue weighted by Gasteiger charge is 2.22. The minimum Gasteiger partial charge on any atom is -0.124 e. The molecule has 0 fully saturated rings. The standard InChI is InChI=1S/C47H40.C2H2/c1-5-33(28-27-32(4)17-16-26-40-38(7-3)37(6-2)39-20-10-11-21-41(39)40)46-42-22-12-14-24-44(42)47(45-25-15-13-23-43(45)46)36-30-29-34-18-8-9-19-35(34)31-36;1-2/h5-6,8-16,18-31H,4,7,17H2,1-3H3;1-2H/b26-16-,28-27-,33-5+,37-6+;. The highest BCUT2D eigenvalue weighted by atomic mass is 14.3. The van der Waals surface area contributed by atoms with Gasteiger partial charge < -0.3 is 0 Å². The molecule has 0 bridgehead atoms. The maximum Gasteiger partial charge on any atom is -0.00262 e. The van der Waals surface area contributed by atoms with E-state index in [1.807, 2.05) is 0 Å². The average molecular weight is 631 g/mol. The summed E-state index contributed by atoms with van der Waals surface area (Å²) < 4.78 is 0. The van der Waals surface area contributed by atoms with E-state index in [9.17, 15) is 0 Å². The third-order valence-electron chi connectivity index (χ3n) is 9.53. The van der Waals surface area contributed by atoms with Gasteiger partial charge in [-0.2, -0.15) is 0 Å². The molecule has 0 saturated heterocycles. The minimum atomic E-state index is 0.795. The molecule has 0 amide bonds. The van der Waals surface area contributed by atoms with E-state index in [0.717, 1.165) is 18.4 Å². The lowest BCUT2D eigenvalue weighted by Crippen LogP contribution is -1.93. The van der Waals surface area contributed by atoms with E-state index < -0.39 is 0 Å². The monoisotopic (exact) mass is 630 g/mol. The molecule has 0 aliphatic heterocycles. The summed E-state index contributed by atoms with van der Waals surface area (Å²) in [5.41, 5.74) is 12.9. The fourth-order valence-electron chi connectivity index (χ4n) is 7.35. The average Bonchev–Trinajstić information content (AvgIpc) is 3.47. The summed E-state index contributed by atoms with van der Waals surface area (Å²) in [7, 11) is 0. The molecule has 49 heavy (non-hydrogen) atoms. The lowest BCUT2D eigenvalue weighted by molar-refractivity contribution is 1.17. The van der Waals surface area contributed by atoms with Crippen LogP contribution in [0.1, 0.15) is 50.3 Å². The first-order valence-corrected chi connectivity index (χ1v) is 17.1. The highest BCUT2D eigenvalue weighted by molar-refractivity contribution is 6.19. The molecule has 0 saturated carbocycles. The van der Waals surface area contributed by atoms with Crippen LogP contribution in [0.4, 0.5) is 0 Å². The first-order valence-electron chi connectivity index (χ1n) is 17.1. The SMILES string of the molecule is C#C.C=C(/C=C\C(=C/C)c1c2ccccc2c(-c2ccc3ccccc3c2)c2ccccc12)C\C=C/C1=C(CC)/C(=C\C)c2ccccc21. The Balaban J connectivity index is 0.00000205. The molecule has 0 spiro atoms. The highest BCUT2D eigenvalue weighted by Crippen LogP contribution is 2.44. The Kier molecular flexibility index (Phi) is 10.0. The van der Waals surface area contributed by atoms with Gasteiger partial charge in [0.05, 0.1) is 0 Å². The zero-order chi connectivity index (χ0) is 34.3. The quantitative estimate of drug-likeness (QED) is 0.0892. The van der Waals surface area contributed by atoms with Crippen molar-refractivity contribution in [2.24, 2.45) is 0 Å². The van der Waals surface area contributed by atoms with Gasteiger partial charge in [-0.3, -0.25) is 0 Å². The van der Waals surface area contributed by atoms with Crippen LogP contribution in [0.15, 0.2) is 169 Å². The van der Waals surface area contributed by atoms with Crippen molar-refractivity contribution >= 4 is 49.0 Å². The molecule has 6 aromatic rings. The van der Waals surface area contributed by atoms with Crippen molar-refractivity contribution < 1.29 is 0 Å². The van der Waals surface area contributed by atoms with Crippen LogP contribution in [0.3, 0.4) is 0 Å². The van der Waals surface area contributed by atoms with Crippen LogP contribution in [0.5, 0.6) is 0 Å². The van der Waals surface area contributed by atoms with Crippen LogP contribution in [0, 0.1) is 12.8 Å². The molecule has 7 rings (SSSR count). The normalized spacial score (nSPS) is 13.9. The van der Waals surface area contributed by atoms with E-state index in [1.165, 1.54) is 82.4 Å². The van der Waals surface area contributed by atoms with E-state index in [0.29, 0.717) is 0 Å². The summed E-state index contributed by atoms with van der Waals surface area (Å²) in [6.45, 7) is 11.0. The second-order valence-electron chi connectivity index (χ2n) is 12.2. The summed E-state index contributed by atoms with van der Waals surface area (Å²) in [5, 5.41) is 7.57. The number of allylic oxidation sites excluding steroid dienone is 11. The largest absolute Gasteiger partial charge is 0.124 e. The van der Waals surface area contributed by atoms with E-state index in [-0.39, 0.29) is 0 Å². The fraction of sp³-hybridized carbons (Fsp3) is 0.102. The summed E-state index contributed by atoms with van der Waals surface area (Å²) in [4.78, 5) is 0. The summed E-state index contributed by atoms with van der Waals surface area (Å²) in [5.74, 6) is 0. The smallest absolute Gasteiger partial charge is 0.00262 e. The topological polar surface area (TPSA) is 0 Å². The van der Waals surface area contributed by atoms with Gasteiger partial charge in [-0.25, -0.2) is 0 Å². The zero-order valence-electron chi connectivity index (χ0n) is 28.7. The van der Waals surface area contributed by atoms with Gasteiger partial charge in [-0.05, 0) is 115 Å². The van der Waals surface area contributed by atoms with Crippen molar-refractivity contribution in [2.45, 2.75) is 33.6 Å². The third kappa shape index (κ3) is 6.25. The van der Waals surface area contributed by atoms with Crippen molar-refractivity contribution in [3.05, 3.63) is 186 Å². The Morgan fingerprint density at radius 3 is 1.90 bits per heavy atom. The van der Waals surface area contributed by atoms with Crippen LogP contribution in [-0.2, 0) is 0 Å². The first-order chi connectivity index (χ1) is 24.1. The molecule has 0 nitrogen and oxygen atoms in total. The van der Waals surface area contributed by atoms with Crippen molar-refractivity contribution in [3.8, 4) is 24.0 Å². The number of rotatable bonds is 8. The van der Waals surface area contributed by atoms with Gasteiger partial charge in [-0.15, -0.1) is 12.8 Å². The molecule has 0 unspecified atom stereocenters. The second-order valence-corrected chi connectivity index (χ2v) is 12.2. The van der Waals surface area contributed by atoms with Gasteiger partial charge >= 0.3 is 0 Å². The van der Waals surface area contributed by atoms with Crippen LogP contribution in [0.25, 0.3) is 60.2 Å². The van der Waals surface area contributed by atoms with Gasteiger partial charge in [0.1, 0.15) is 0 Å². The van der Waals surface area contributed by atoms with E-state index in [2.05, 4.69) is 192 Å². The van der Waals surface area contributed by atoms with Crippen molar-refractivity contribution in [3.63, 3.8) is 0 Å². The summed E-state index contributed by atoms with van der Waals surface area (Å²) in [6.07, 6.45) is 23.3. The lowest BCUT2D eigenvalue weighted by Gasteiger charge is -2.18. The molecule has 0 heteroatoms. The van der Waals surface area contributed by atoms with E-state index in [1.54, 1.807) is 0 Å². The molecule has 238 valence electrons. The van der Waals surface area contributed by atoms with Gasteiger partial charge in [0.25, 0.3) is 0 Å². The number of hydrogen-bond donors (Lipinski definition) is 0. The van der Waals surface area contributed by atoms with Crippen LogP contribution < -0.4 is 0 Å². The Hall–Kier alpha value is -5.90. The Morgan fingerprint density at radius 1 is 0.673 bits per heavy atom. The number of benzene rings is 6. The Labute approximate surface area is 291 Å². The van der Waals surface area contributed by atoms with Gasteiger partial charge in [-0.1, -0.05) is 165 Å². The van der Waals surface area contributed by atoms with Crippen molar-refractivity contribution in [1.82, 2.24) is 0 Å². The van der Waals surface area contributed by atoms with Crippen LogP contribution in [-0.4, -0.2) is 0 Å². The van der Waals surface area contributed by atoms with Crippen molar-refractivity contribution in [1.29, 1.82) is 0 Å². The third-order valence-corrected chi connectivity index (χ3v) is 9.53. The molecule has 0 N–H and O–H groups in total. The minimum absolute atomic E-state index is 0.795. The second kappa shape index (κ2) is 14.9. The molecular formula is C49H42. The number of terminal acetylenes is 1. The molecule has 1 aliphatic carbocycles. The maximum atomic E-state index is 4.44. The molecule has 0 radical (unpaired) electrons.